The van der Waals surface area contributed by atoms with Crippen molar-refractivity contribution in [2.24, 2.45) is 5.92 Å². The van der Waals surface area contributed by atoms with Crippen LogP contribution in [0.1, 0.15) is 50.2 Å². The van der Waals surface area contributed by atoms with Crippen molar-refractivity contribution in [2.45, 2.75) is 50.0 Å². The van der Waals surface area contributed by atoms with Crippen LogP contribution in [-0.2, 0) is 14.6 Å². The molecule has 0 unspecified atom stereocenters. The molecule has 8 nitrogen and oxygen atoms in total. The Morgan fingerprint density at radius 3 is 2.58 bits per heavy atom. The summed E-state index contributed by atoms with van der Waals surface area (Å²) in [6.45, 7) is 0.738. The van der Waals surface area contributed by atoms with Gasteiger partial charge in [0.25, 0.3) is 0 Å². The molecule has 2 heterocycles. The van der Waals surface area contributed by atoms with Gasteiger partial charge in [0, 0.05) is 41.7 Å². The Morgan fingerprint density at radius 2 is 1.85 bits per heavy atom. The molecule has 2 atom stereocenters. The molecule has 2 saturated carbocycles. The van der Waals surface area contributed by atoms with E-state index < -0.39 is 21.2 Å². The number of halogens is 1. The molecule has 1 saturated heterocycles. The van der Waals surface area contributed by atoms with Crippen molar-refractivity contribution >= 4 is 21.4 Å². The molecule has 2 aliphatic carbocycles. The highest BCUT2D eigenvalue weighted by atomic mass is 32.2. The molecule has 0 radical (unpaired) electrons. The van der Waals surface area contributed by atoms with Gasteiger partial charge in [-0.3, -0.25) is 4.79 Å². The van der Waals surface area contributed by atoms with Crippen LogP contribution in [0.2, 0.25) is 0 Å². The van der Waals surface area contributed by atoms with E-state index in [1.807, 2.05) is 29.2 Å². The van der Waals surface area contributed by atoms with Gasteiger partial charge in [-0.05, 0) is 49.9 Å². The van der Waals surface area contributed by atoms with Gasteiger partial charge in [0.15, 0.2) is 9.84 Å². The summed E-state index contributed by atoms with van der Waals surface area (Å²) in [5.41, 5.74) is 1.93. The van der Waals surface area contributed by atoms with Crippen LogP contribution >= 0.6 is 0 Å². The number of nitrogens with one attached hydrogen (secondary N) is 1. The molecule has 1 aromatic heterocycles. The van der Waals surface area contributed by atoms with Crippen LogP contribution in [0.15, 0.2) is 52.9 Å². The Bertz CT molecular complexity index is 1580. The Hall–Kier alpha value is -3.71. The van der Waals surface area contributed by atoms with Crippen LogP contribution in [0, 0.1) is 23.1 Å². The molecule has 3 fully saturated rings. The summed E-state index contributed by atoms with van der Waals surface area (Å²) in [5.74, 6) is -0.233. The SMILES string of the molecule is N#CC1(NC(=O)[C@@H]2CCCC[C@H]2c2oc(-c3cccc(F)c3)nc2-c2ccccc2N2CCS(=O)(=O)CC2)CC1. The number of aromatic nitrogens is 1. The van der Waals surface area contributed by atoms with Gasteiger partial charge < -0.3 is 14.6 Å². The summed E-state index contributed by atoms with van der Waals surface area (Å²) in [6.07, 6.45) is 4.50. The van der Waals surface area contributed by atoms with Crippen molar-refractivity contribution in [3.63, 3.8) is 0 Å². The van der Waals surface area contributed by atoms with Gasteiger partial charge in [-0.2, -0.15) is 5.26 Å². The third-order valence-electron chi connectivity index (χ3n) is 8.34. The number of hydrogen-bond acceptors (Lipinski definition) is 7. The van der Waals surface area contributed by atoms with E-state index in [2.05, 4.69) is 11.4 Å². The molecule has 40 heavy (non-hydrogen) atoms. The molecule has 3 aliphatic rings. The highest BCUT2D eigenvalue weighted by Gasteiger charge is 2.47. The first-order chi connectivity index (χ1) is 19.3. The van der Waals surface area contributed by atoms with Crippen LogP contribution in [0.3, 0.4) is 0 Å². The monoisotopic (exact) mass is 562 g/mol. The number of amides is 1. The second-order valence-electron chi connectivity index (χ2n) is 11.1. The first-order valence-corrected chi connectivity index (χ1v) is 15.6. The lowest BCUT2D eigenvalue weighted by molar-refractivity contribution is -0.127. The third-order valence-corrected chi connectivity index (χ3v) is 9.94. The average Bonchev–Trinajstić information content (AvgIpc) is 3.59. The van der Waals surface area contributed by atoms with E-state index >= 15 is 0 Å². The minimum absolute atomic E-state index is 0.0765. The van der Waals surface area contributed by atoms with E-state index in [0.717, 1.165) is 24.1 Å². The van der Waals surface area contributed by atoms with E-state index in [9.17, 15) is 22.9 Å². The van der Waals surface area contributed by atoms with Crippen LogP contribution in [-0.4, -0.2) is 49.4 Å². The summed E-state index contributed by atoms with van der Waals surface area (Å²) in [5, 5.41) is 12.5. The number of rotatable bonds is 6. The number of oxazole rings is 1. The van der Waals surface area contributed by atoms with Crippen LogP contribution in [0.5, 0.6) is 0 Å². The molecule has 3 aromatic rings. The normalized spacial score (nSPS) is 23.2. The fourth-order valence-corrected chi connectivity index (χ4v) is 7.10. The minimum Gasteiger partial charge on any atom is -0.440 e. The smallest absolute Gasteiger partial charge is 0.226 e. The third kappa shape index (κ3) is 5.22. The van der Waals surface area contributed by atoms with Crippen molar-refractivity contribution < 1.29 is 22.0 Å². The van der Waals surface area contributed by atoms with E-state index in [0.29, 0.717) is 55.8 Å². The zero-order valence-corrected chi connectivity index (χ0v) is 22.9. The van der Waals surface area contributed by atoms with E-state index in [-0.39, 0.29) is 35.1 Å². The van der Waals surface area contributed by atoms with Gasteiger partial charge in [-0.1, -0.05) is 37.1 Å². The zero-order chi connectivity index (χ0) is 27.9. The van der Waals surface area contributed by atoms with Crippen molar-refractivity contribution in [3.8, 4) is 28.8 Å². The topological polar surface area (TPSA) is 116 Å². The van der Waals surface area contributed by atoms with Gasteiger partial charge in [0.1, 0.15) is 22.8 Å². The number of nitriles is 1. The van der Waals surface area contributed by atoms with Gasteiger partial charge in [0.05, 0.1) is 17.6 Å². The molecule has 208 valence electrons. The van der Waals surface area contributed by atoms with Crippen LogP contribution in [0.4, 0.5) is 10.1 Å². The highest BCUT2D eigenvalue weighted by Crippen LogP contribution is 2.46. The summed E-state index contributed by atoms with van der Waals surface area (Å²) in [4.78, 5) is 20.4. The number of para-hydroxylation sites is 1. The Morgan fingerprint density at radius 1 is 1.10 bits per heavy atom. The lowest BCUT2D eigenvalue weighted by Crippen LogP contribution is -2.42. The van der Waals surface area contributed by atoms with Gasteiger partial charge >= 0.3 is 0 Å². The van der Waals surface area contributed by atoms with Crippen LogP contribution in [0.25, 0.3) is 22.7 Å². The summed E-state index contributed by atoms with van der Waals surface area (Å²) < 4.78 is 44.8. The fraction of sp³-hybridized carbons (Fsp3) is 0.433. The van der Waals surface area contributed by atoms with Crippen molar-refractivity contribution in [3.05, 3.63) is 60.1 Å². The number of nitrogens with zero attached hydrogens (tertiary/aromatic N) is 3. The van der Waals surface area contributed by atoms with Crippen molar-refractivity contribution in [1.29, 1.82) is 5.26 Å². The predicted molar refractivity (Wildman–Crippen MR) is 149 cm³/mol. The number of benzene rings is 2. The average molecular weight is 563 g/mol. The van der Waals surface area contributed by atoms with Crippen molar-refractivity contribution in [1.82, 2.24) is 10.3 Å². The van der Waals surface area contributed by atoms with E-state index in [1.54, 1.807) is 12.1 Å². The second-order valence-corrected chi connectivity index (χ2v) is 13.4. The fourth-order valence-electron chi connectivity index (χ4n) is 5.90. The summed E-state index contributed by atoms with van der Waals surface area (Å²) in [7, 11) is -3.07. The maximum absolute atomic E-state index is 14.2. The van der Waals surface area contributed by atoms with Gasteiger partial charge in [-0.25, -0.2) is 17.8 Å². The Labute approximate surface area is 233 Å². The number of anilines is 1. The van der Waals surface area contributed by atoms with E-state index in [4.69, 9.17) is 9.40 Å². The quantitative estimate of drug-likeness (QED) is 0.458. The molecule has 2 aromatic carbocycles. The largest absolute Gasteiger partial charge is 0.440 e. The maximum atomic E-state index is 14.2. The molecule has 6 rings (SSSR count). The molecule has 0 spiro atoms. The van der Waals surface area contributed by atoms with Gasteiger partial charge in [-0.15, -0.1) is 0 Å². The first kappa shape index (κ1) is 26.5. The Kier molecular flexibility index (Phi) is 6.87. The maximum Gasteiger partial charge on any atom is 0.226 e. The molecule has 1 aliphatic heterocycles. The molecule has 1 N–H and O–H groups in total. The number of sulfone groups is 1. The second kappa shape index (κ2) is 10.4. The number of hydrogen-bond donors (Lipinski definition) is 1. The number of carbonyl (C=O) groups is 1. The summed E-state index contributed by atoms with van der Waals surface area (Å²) >= 11 is 0. The van der Waals surface area contributed by atoms with Gasteiger partial charge in [0.2, 0.25) is 11.8 Å². The lowest BCUT2D eigenvalue weighted by atomic mass is 9.76. The molecular formula is C30H31FN4O4S. The molecule has 1 amide bonds. The number of carbonyl (C=O) groups excluding carboxylic acids is 1. The lowest BCUT2D eigenvalue weighted by Gasteiger charge is -2.32. The Balaban J connectivity index is 1.44. The van der Waals surface area contributed by atoms with Crippen LogP contribution < -0.4 is 10.2 Å². The zero-order valence-electron chi connectivity index (χ0n) is 22.1. The summed E-state index contributed by atoms with van der Waals surface area (Å²) in [6, 6.07) is 16.0. The van der Waals surface area contributed by atoms with E-state index in [1.165, 1.54) is 12.1 Å². The molecule has 0 bridgehead atoms. The van der Waals surface area contributed by atoms with Crippen molar-refractivity contribution in [2.75, 3.05) is 29.5 Å². The molecular weight excluding hydrogens is 531 g/mol. The minimum atomic E-state index is -3.07. The molecule has 10 heteroatoms. The standard InChI is InChI=1S/C30H31FN4O4S/c31-21-7-5-6-20(18-21)29-33-26(24-10-3-4-11-25(24)35-14-16-40(37,38)17-15-35)27(39-29)22-8-1-2-9-23(22)28(36)34-30(19-32)12-13-30/h3-7,10-11,18,22-23H,1-2,8-9,12-17H2,(H,34,36)/t22-,23-/m1/s1. The first-order valence-electron chi connectivity index (χ1n) is 13.8. The highest BCUT2D eigenvalue weighted by molar-refractivity contribution is 7.91. The predicted octanol–water partition coefficient (Wildman–Crippen LogP) is 4.83.